The summed E-state index contributed by atoms with van der Waals surface area (Å²) in [5.41, 5.74) is 0.557. The Bertz CT molecular complexity index is 3430. The quantitative estimate of drug-likeness (QED) is 0.0275. The van der Waals surface area contributed by atoms with Crippen molar-refractivity contribution < 1.29 is 122 Å². The number of aromatic hydroxyl groups is 2. The summed E-state index contributed by atoms with van der Waals surface area (Å²) in [6, 6.07) is -8.06. The number of nitrogens with two attached hydrogens (primary N) is 1. The molecule has 34 heteroatoms. The Morgan fingerprint density at radius 3 is 1.97 bits per heavy atom. The lowest BCUT2D eigenvalue weighted by atomic mass is 9.72. The number of aliphatic hydroxyl groups is 6. The van der Waals surface area contributed by atoms with Gasteiger partial charge in [0.1, 0.15) is 77.9 Å². The first-order chi connectivity index (χ1) is 46.8. The highest BCUT2D eigenvalue weighted by atomic mass is 16.7. The summed E-state index contributed by atoms with van der Waals surface area (Å²) in [6.45, 7) is 2.46. The number of amides is 9. The van der Waals surface area contributed by atoms with Crippen LogP contribution in [0.15, 0.2) is 18.2 Å². The van der Waals surface area contributed by atoms with Crippen molar-refractivity contribution >= 4 is 76.5 Å². The molecule has 0 spiro atoms. The number of carboxylic acid groups (broad SMARTS) is 1. The number of aliphatic carboxylic acids is 1. The number of methoxy groups -OCH3 is 1. The Hall–Kier alpha value is -8.77. The van der Waals surface area contributed by atoms with Gasteiger partial charge in [-0.25, -0.2) is 0 Å². The van der Waals surface area contributed by atoms with Crippen LogP contribution < -0.4 is 47.7 Å². The van der Waals surface area contributed by atoms with Gasteiger partial charge in [-0.15, -0.1) is 0 Å². The summed E-state index contributed by atoms with van der Waals surface area (Å²) in [4.78, 5) is 176. The molecule has 7 rings (SSSR count). The Labute approximate surface area is 567 Å². The van der Waals surface area contributed by atoms with Crippen molar-refractivity contribution in [1.82, 2.24) is 42.1 Å². The molecule has 5 aliphatic rings. The number of aliphatic hydroxyl groups excluding tert-OH is 5. The van der Waals surface area contributed by atoms with Gasteiger partial charge in [0.15, 0.2) is 17.9 Å². The molecule has 14 atom stereocenters. The number of primary amides is 1. The number of fused-ring (bicyclic) bond motifs is 3. The fraction of sp³-hybridized carbons (Fsp3) is 0.615. The number of nitrogens with zero attached hydrogens (tertiary/aromatic N) is 1. The number of phenolic OH excluding ortho intramolecular Hbond substituents is 2. The zero-order chi connectivity index (χ0) is 73.1. The Kier molecular flexibility index (Phi) is 26.5. The lowest BCUT2D eigenvalue weighted by molar-refractivity contribution is -0.249. The van der Waals surface area contributed by atoms with E-state index in [0.29, 0.717) is 25.7 Å². The monoisotopic (exact) mass is 1400 g/mol. The van der Waals surface area contributed by atoms with Crippen LogP contribution in [0.3, 0.4) is 0 Å². The maximum Gasteiger partial charge on any atom is 0.303 e. The molecule has 9 amide bonds. The summed E-state index contributed by atoms with van der Waals surface area (Å²) in [7, 11) is 1.25. The number of ketones is 3. The number of ether oxygens (including phenoxy) is 3. The van der Waals surface area contributed by atoms with E-state index in [0.717, 1.165) is 11.3 Å². The van der Waals surface area contributed by atoms with E-state index in [-0.39, 0.29) is 72.6 Å². The second kappa shape index (κ2) is 33.9. The number of carbonyl (C=O) groups is 13. The second-order valence-electron chi connectivity index (χ2n) is 26.2. The zero-order valence-corrected chi connectivity index (χ0v) is 55.4. The molecule has 2 aromatic carbocycles. The number of rotatable bonds is 31. The second-order valence-corrected chi connectivity index (χ2v) is 26.2. The van der Waals surface area contributed by atoms with Crippen LogP contribution in [0.1, 0.15) is 167 Å². The van der Waals surface area contributed by atoms with Gasteiger partial charge in [0.2, 0.25) is 58.9 Å². The molecule has 2 aliphatic heterocycles. The highest BCUT2D eigenvalue weighted by Crippen LogP contribution is 2.53. The number of β-amino-alcohol motifs (C(OH)–C–C–N with tert-alkyl or cyclic N) is 1. The van der Waals surface area contributed by atoms with Gasteiger partial charge in [-0.2, -0.15) is 0 Å². The highest BCUT2D eigenvalue weighted by molar-refractivity contribution is 6.31. The van der Waals surface area contributed by atoms with Crippen molar-refractivity contribution in [3.63, 3.8) is 0 Å². The normalized spacial score (nSPS) is 23.8. The van der Waals surface area contributed by atoms with E-state index in [1.807, 2.05) is 0 Å². The average molecular weight is 1400 g/mol. The summed E-state index contributed by atoms with van der Waals surface area (Å²) in [5.74, 6) is -15.4. The van der Waals surface area contributed by atoms with Gasteiger partial charge in [-0.3, -0.25) is 62.3 Å². The van der Waals surface area contributed by atoms with Crippen LogP contribution in [-0.4, -0.2) is 239 Å². The Morgan fingerprint density at radius 2 is 1.35 bits per heavy atom. The summed E-state index contributed by atoms with van der Waals surface area (Å²) < 4.78 is 17.7. The van der Waals surface area contributed by atoms with Crippen LogP contribution in [0.25, 0.3) is 0 Å². The van der Waals surface area contributed by atoms with E-state index >= 15 is 0 Å². The largest absolute Gasteiger partial charge is 0.507 e. The molecule has 3 fully saturated rings. The zero-order valence-electron chi connectivity index (χ0n) is 55.4. The molecule has 0 aromatic heterocycles. The Morgan fingerprint density at radius 1 is 0.737 bits per heavy atom. The van der Waals surface area contributed by atoms with E-state index < -0.39 is 242 Å². The molecule has 544 valence electrons. The molecule has 1 saturated carbocycles. The first kappa shape index (κ1) is 77.6. The summed E-state index contributed by atoms with van der Waals surface area (Å²) >= 11 is 0. The number of hydrogen-bond donors (Lipinski definition) is 17. The van der Waals surface area contributed by atoms with Crippen molar-refractivity contribution in [3.05, 3.63) is 51.6 Å². The standard InChI is InChI=1S/C65H89N9O25/c1-28(2)19-37(60(91)69-36-21-47(98-30(4)53(36)84)99-42-23-65(96,43(79)27-77)22-34-49(42)57(88)51-50(55(34)86)54(85)33-13-9-14-41(97-5)48(33)56(51)87)70-61(92)38(25-75)72-59(90)35(17-18-44(66)80)68-64(95)52(31-11-7-6-8-12-31)73-62(93)39(26-76)71-58(89)29(3)67-63(94)40-20-32(78)24-74(40)45(81)15-10-16-46(82)83/h9,13-14,28-32,35-40,42,47,52-53,75-78,84,86,88,96H,6-8,10-12,15-27H2,1-5H3,(H2,66,80)(H,67,94)(H,68,95)(H,69,91)(H,70,92)(H,71,89)(H,72,90)(H,73,93)(H,82,83)/t29-,30-,32+,35-,36-,37-,38-,39-,40-,42-,47+,52-,53+,65-/m0/s1. The van der Waals surface area contributed by atoms with Gasteiger partial charge in [-0.1, -0.05) is 45.2 Å². The van der Waals surface area contributed by atoms with E-state index in [1.54, 1.807) is 13.8 Å². The van der Waals surface area contributed by atoms with Crippen LogP contribution in [0.2, 0.25) is 0 Å². The molecule has 3 aliphatic carbocycles. The molecular formula is C65H89N9O25. The van der Waals surface area contributed by atoms with E-state index in [2.05, 4.69) is 37.2 Å². The van der Waals surface area contributed by atoms with Crippen molar-refractivity contribution in [1.29, 1.82) is 0 Å². The number of hydrogen-bond acceptors (Lipinski definition) is 24. The van der Waals surface area contributed by atoms with Crippen LogP contribution in [-0.2, 0) is 68.6 Å². The Balaban J connectivity index is 1.03. The minimum absolute atomic E-state index is 0.0279. The number of nitrogens with one attached hydrogen (secondary N) is 7. The van der Waals surface area contributed by atoms with Gasteiger partial charge >= 0.3 is 5.97 Å². The molecule has 0 unspecified atom stereocenters. The third-order valence-corrected chi connectivity index (χ3v) is 18.5. The highest BCUT2D eigenvalue weighted by Gasteiger charge is 2.51. The lowest BCUT2D eigenvalue weighted by Crippen LogP contribution is -2.62. The first-order valence-electron chi connectivity index (χ1n) is 32.8. The molecule has 0 radical (unpaired) electrons. The third-order valence-electron chi connectivity index (χ3n) is 18.5. The van der Waals surface area contributed by atoms with Gasteiger partial charge in [0.05, 0.1) is 61.4 Å². The number of carboxylic acids is 1. The first-order valence-corrected chi connectivity index (χ1v) is 32.8. The van der Waals surface area contributed by atoms with Gasteiger partial charge < -0.3 is 108 Å². The van der Waals surface area contributed by atoms with Crippen molar-refractivity contribution in [2.24, 2.45) is 17.6 Å². The number of Topliss-reactive ketones (excluding diaryl/α,β-unsaturated/α-hetero) is 1. The third kappa shape index (κ3) is 18.4. The molecular weight excluding hydrogens is 1310 g/mol. The fourth-order valence-corrected chi connectivity index (χ4v) is 13.3. The SMILES string of the molecule is COc1cccc2c1C(=O)c1c(O)c3c(c(O)c1C2=O)C[C@@](O)(C(=O)CO)C[C@@H]3O[C@@H]1C[C@H](NC(=O)[C@H](CC(C)C)NC(=O)[C@H](CO)NC(=O)[C@H](CCC(N)=O)NC(=O)[C@@H](NC(=O)[C@H](CO)NC(=O)[C@H](C)NC(=O)[C@@H]2C[C@@H](O)CN2C(=O)CCCC(=O)O)C2CCCCC2)[C@H](O)[C@H](C)O1. The summed E-state index contributed by atoms with van der Waals surface area (Å²) in [5, 5.41) is 115. The number of likely N-dealkylation sites (tertiary alicyclic amines) is 1. The minimum Gasteiger partial charge on any atom is -0.507 e. The predicted molar refractivity (Wildman–Crippen MR) is 339 cm³/mol. The van der Waals surface area contributed by atoms with E-state index in [1.165, 1.54) is 39.2 Å². The molecule has 2 saturated heterocycles. The van der Waals surface area contributed by atoms with Gasteiger partial charge in [-0.05, 0) is 63.9 Å². The van der Waals surface area contributed by atoms with Crippen molar-refractivity contribution in [2.75, 3.05) is 33.5 Å². The number of benzene rings is 2. The fourth-order valence-electron chi connectivity index (χ4n) is 13.3. The van der Waals surface area contributed by atoms with Crippen LogP contribution in [0.4, 0.5) is 0 Å². The smallest absolute Gasteiger partial charge is 0.303 e. The summed E-state index contributed by atoms with van der Waals surface area (Å²) in [6.07, 6.45) is -8.07. The molecule has 0 bridgehead atoms. The number of carbonyl (C=O) groups excluding carboxylic acids is 12. The molecule has 99 heavy (non-hydrogen) atoms. The van der Waals surface area contributed by atoms with Crippen molar-refractivity contribution in [2.45, 2.75) is 209 Å². The van der Waals surface area contributed by atoms with Crippen LogP contribution in [0.5, 0.6) is 17.2 Å². The molecule has 2 aromatic rings. The minimum atomic E-state index is -2.51. The van der Waals surface area contributed by atoms with Gasteiger partial charge in [0, 0.05) is 68.2 Å². The topological polar surface area (TPSA) is 545 Å². The van der Waals surface area contributed by atoms with E-state index in [9.17, 15) is 103 Å². The maximum absolute atomic E-state index is 14.4. The molecule has 2 heterocycles. The van der Waals surface area contributed by atoms with Gasteiger partial charge in [0.25, 0.3) is 0 Å². The number of phenols is 2. The van der Waals surface area contributed by atoms with Crippen molar-refractivity contribution in [3.8, 4) is 17.2 Å². The maximum atomic E-state index is 14.4. The molecule has 34 nitrogen and oxygen atoms in total. The van der Waals surface area contributed by atoms with Crippen LogP contribution in [0, 0.1) is 11.8 Å². The lowest BCUT2D eigenvalue weighted by Gasteiger charge is -2.43. The van der Waals surface area contributed by atoms with Crippen LogP contribution >= 0.6 is 0 Å². The molecule has 18 N–H and O–H groups in total. The predicted octanol–water partition coefficient (Wildman–Crippen LogP) is -3.82. The van der Waals surface area contributed by atoms with E-state index in [4.69, 9.17) is 25.1 Å². The average Bonchev–Trinajstić information content (AvgIpc) is 1.09.